The highest BCUT2D eigenvalue weighted by Gasteiger charge is 2.12. The second-order valence-electron chi connectivity index (χ2n) is 8.80. The molecule has 0 aliphatic heterocycles. The van der Waals surface area contributed by atoms with E-state index in [0.717, 1.165) is 27.8 Å². The molecule has 0 radical (unpaired) electrons. The van der Waals surface area contributed by atoms with E-state index in [2.05, 4.69) is 23.3 Å². The summed E-state index contributed by atoms with van der Waals surface area (Å²) in [6.07, 6.45) is 9.63. The van der Waals surface area contributed by atoms with Crippen LogP contribution in [-0.4, -0.2) is 25.5 Å². The van der Waals surface area contributed by atoms with Gasteiger partial charge in [0, 0.05) is 18.7 Å². The van der Waals surface area contributed by atoms with Gasteiger partial charge < -0.3 is 10.6 Å². The molecule has 40 heavy (non-hydrogen) atoms. The van der Waals surface area contributed by atoms with E-state index in [4.69, 9.17) is 0 Å². The van der Waals surface area contributed by atoms with Crippen molar-refractivity contribution in [3.8, 4) is 12.1 Å². The minimum absolute atomic E-state index is 0.0448. The molecule has 0 fully saturated rings. The number of hydrogen-bond acceptors (Lipinski definition) is 4. The zero-order chi connectivity index (χ0) is 28.4. The van der Waals surface area contributed by atoms with Crippen molar-refractivity contribution in [1.82, 2.24) is 10.6 Å². The van der Waals surface area contributed by atoms with E-state index in [9.17, 15) is 15.3 Å². The molecule has 5 heteroatoms. The van der Waals surface area contributed by atoms with E-state index in [0.29, 0.717) is 25.1 Å². The first-order valence-corrected chi connectivity index (χ1v) is 13.0. The molecule has 0 aliphatic carbocycles. The first-order chi connectivity index (χ1) is 19.7. The predicted molar refractivity (Wildman–Crippen MR) is 162 cm³/mol. The van der Waals surface area contributed by atoms with Crippen LogP contribution >= 0.6 is 0 Å². The van der Waals surface area contributed by atoms with Gasteiger partial charge in [-0.15, -0.1) is 0 Å². The van der Waals surface area contributed by atoms with Gasteiger partial charge in [-0.05, 0) is 41.3 Å². The van der Waals surface area contributed by atoms with Crippen molar-refractivity contribution in [3.63, 3.8) is 0 Å². The Morgan fingerprint density at radius 2 is 1.43 bits per heavy atom. The number of rotatable bonds is 13. The van der Waals surface area contributed by atoms with Crippen molar-refractivity contribution in [2.45, 2.75) is 6.42 Å². The van der Waals surface area contributed by atoms with Gasteiger partial charge in [-0.25, -0.2) is 0 Å². The molecule has 0 atom stereocenters. The van der Waals surface area contributed by atoms with E-state index >= 15 is 0 Å². The fourth-order valence-electron chi connectivity index (χ4n) is 4.01. The summed E-state index contributed by atoms with van der Waals surface area (Å²) in [5.74, 6) is -0.430. The van der Waals surface area contributed by atoms with Gasteiger partial charge in [0.05, 0.1) is 11.6 Å². The summed E-state index contributed by atoms with van der Waals surface area (Å²) in [6.45, 7) is 5.05. The van der Waals surface area contributed by atoms with Crippen LogP contribution in [0.5, 0.6) is 0 Å². The maximum absolute atomic E-state index is 12.6. The minimum Gasteiger partial charge on any atom is -0.347 e. The Balaban J connectivity index is 1.64. The predicted octanol–water partition coefficient (Wildman–Crippen LogP) is 6.38. The molecule has 0 heterocycles. The first-order valence-electron chi connectivity index (χ1n) is 13.0. The van der Waals surface area contributed by atoms with Crippen LogP contribution in [0.25, 0.3) is 11.6 Å². The molecule has 0 saturated heterocycles. The summed E-state index contributed by atoms with van der Waals surface area (Å²) in [5.41, 5.74) is 5.29. The van der Waals surface area contributed by atoms with E-state index < -0.39 is 5.91 Å². The van der Waals surface area contributed by atoms with Crippen LogP contribution in [-0.2, 0) is 4.79 Å². The lowest BCUT2D eigenvalue weighted by Crippen LogP contribution is -2.26. The molecular weight excluding hydrogens is 492 g/mol. The SMILES string of the molecule is C=C/C=C\C(=C/CCNCC(C#N)=C(c1ccccc1)c1ccccc1)CNC(=O)/C(C#N)=C\c1ccccc1. The van der Waals surface area contributed by atoms with Crippen LogP contribution in [0.2, 0.25) is 0 Å². The third-order valence-corrected chi connectivity index (χ3v) is 5.97. The summed E-state index contributed by atoms with van der Waals surface area (Å²) in [5, 5.41) is 25.7. The van der Waals surface area contributed by atoms with E-state index in [1.54, 1.807) is 18.2 Å². The van der Waals surface area contributed by atoms with Crippen molar-refractivity contribution >= 4 is 17.6 Å². The summed E-state index contributed by atoms with van der Waals surface area (Å²) >= 11 is 0. The Morgan fingerprint density at radius 3 is 1.98 bits per heavy atom. The number of hydrogen-bond donors (Lipinski definition) is 2. The monoisotopic (exact) mass is 524 g/mol. The van der Waals surface area contributed by atoms with Crippen LogP contribution < -0.4 is 10.6 Å². The molecule has 3 aromatic rings. The Labute approximate surface area is 236 Å². The van der Waals surface area contributed by atoms with Gasteiger partial charge in [0.25, 0.3) is 5.91 Å². The third kappa shape index (κ3) is 9.26. The molecule has 1 amide bonds. The van der Waals surface area contributed by atoms with E-state index in [1.807, 2.05) is 109 Å². The number of amides is 1. The quantitative estimate of drug-likeness (QED) is 0.117. The summed E-state index contributed by atoms with van der Waals surface area (Å²) in [7, 11) is 0. The molecule has 0 spiro atoms. The van der Waals surface area contributed by atoms with Crippen molar-refractivity contribution in [1.29, 1.82) is 10.5 Å². The van der Waals surface area contributed by atoms with E-state index in [-0.39, 0.29) is 12.1 Å². The van der Waals surface area contributed by atoms with Gasteiger partial charge in [-0.1, -0.05) is 122 Å². The second-order valence-corrected chi connectivity index (χ2v) is 8.80. The third-order valence-electron chi connectivity index (χ3n) is 5.97. The van der Waals surface area contributed by atoms with Crippen LogP contribution in [0.3, 0.4) is 0 Å². The summed E-state index contributed by atoms with van der Waals surface area (Å²) in [6, 6.07) is 33.5. The van der Waals surface area contributed by atoms with Gasteiger partial charge in [0.15, 0.2) is 0 Å². The molecule has 0 bridgehead atoms. The maximum Gasteiger partial charge on any atom is 0.262 e. The molecule has 5 nitrogen and oxygen atoms in total. The topological polar surface area (TPSA) is 88.7 Å². The smallest absolute Gasteiger partial charge is 0.262 e. The van der Waals surface area contributed by atoms with Gasteiger partial charge in [0.2, 0.25) is 0 Å². The summed E-state index contributed by atoms with van der Waals surface area (Å²) < 4.78 is 0. The Morgan fingerprint density at radius 1 is 0.825 bits per heavy atom. The zero-order valence-electron chi connectivity index (χ0n) is 22.4. The highest BCUT2D eigenvalue weighted by Crippen LogP contribution is 2.26. The Bertz CT molecular complexity index is 1430. The van der Waals surface area contributed by atoms with E-state index in [1.165, 1.54) is 0 Å². The normalized spacial score (nSPS) is 11.3. The minimum atomic E-state index is -0.430. The molecule has 3 rings (SSSR count). The molecule has 0 aliphatic rings. The number of nitrogens with zero attached hydrogens (tertiary/aromatic N) is 2. The zero-order valence-corrected chi connectivity index (χ0v) is 22.4. The maximum atomic E-state index is 12.6. The highest BCUT2D eigenvalue weighted by molar-refractivity contribution is 6.01. The molecule has 3 aromatic carbocycles. The van der Waals surface area contributed by atoms with Crippen molar-refractivity contribution in [3.05, 3.63) is 155 Å². The molecule has 0 saturated carbocycles. The standard InChI is InChI=1S/C35H32N4O/c1-2-3-14-29(26-39-35(40)32(24-36)23-28-15-7-4-8-16-28)17-13-22-38-27-33(25-37)34(30-18-9-5-10-19-30)31-20-11-6-12-21-31/h2-12,14-21,23,38H,1,13,22,26-27H2,(H,39,40)/b14-3-,29-17+,32-23-. The van der Waals surface area contributed by atoms with Gasteiger partial charge in [0.1, 0.15) is 11.6 Å². The fraction of sp³-hybridized carbons (Fsp3) is 0.114. The van der Waals surface area contributed by atoms with Crippen LogP contribution in [0.15, 0.2) is 139 Å². The first kappa shape index (κ1) is 29.3. The number of benzene rings is 3. The summed E-state index contributed by atoms with van der Waals surface area (Å²) in [4.78, 5) is 12.6. The fourth-order valence-corrected chi connectivity index (χ4v) is 4.01. The van der Waals surface area contributed by atoms with Gasteiger partial charge >= 0.3 is 0 Å². The molecule has 0 aromatic heterocycles. The van der Waals surface area contributed by atoms with Crippen molar-refractivity contribution in [2.75, 3.05) is 19.6 Å². The molecule has 0 unspecified atom stereocenters. The average molecular weight is 525 g/mol. The van der Waals surface area contributed by atoms with Crippen LogP contribution in [0.1, 0.15) is 23.1 Å². The number of carbonyl (C=O) groups is 1. The second kappa shape index (κ2) is 16.6. The average Bonchev–Trinajstić information content (AvgIpc) is 3.01. The Kier molecular flexibility index (Phi) is 12.2. The van der Waals surface area contributed by atoms with Crippen molar-refractivity contribution < 1.29 is 4.79 Å². The largest absolute Gasteiger partial charge is 0.347 e. The number of nitrogens with one attached hydrogen (secondary N) is 2. The van der Waals surface area contributed by atoms with Crippen LogP contribution in [0.4, 0.5) is 0 Å². The number of allylic oxidation sites excluding steroid dienone is 2. The van der Waals surface area contributed by atoms with Gasteiger partial charge in [-0.3, -0.25) is 4.79 Å². The lowest BCUT2D eigenvalue weighted by Gasteiger charge is -2.12. The Hall–Kier alpha value is -5.23. The highest BCUT2D eigenvalue weighted by atomic mass is 16.1. The molecular formula is C35H32N4O. The lowest BCUT2D eigenvalue weighted by atomic mass is 9.93. The molecule has 2 N–H and O–H groups in total. The number of carbonyl (C=O) groups excluding carboxylic acids is 1. The van der Waals surface area contributed by atoms with Gasteiger partial charge in [-0.2, -0.15) is 10.5 Å². The van der Waals surface area contributed by atoms with Crippen molar-refractivity contribution in [2.24, 2.45) is 0 Å². The number of nitriles is 2. The van der Waals surface area contributed by atoms with Crippen LogP contribution in [0, 0.1) is 22.7 Å². The lowest BCUT2D eigenvalue weighted by molar-refractivity contribution is -0.116. The molecule has 198 valence electrons.